The fraction of sp³-hybridized carbons (Fsp3) is 0.588. The minimum Gasteiger partial charge on any atom is -0.485 e. The molecule has 1 heterocycles. The summed E-state index contributed by atoms with van der Waals surface area (Å²) in [5.74, 6) is 1.01. The quantitative estimate of drug-likeness (QED) is 0.808. The maximum absolute atomic E-state index is 12.3. The van der Waals surface area contributed by atoms with E-state index in [1.54, 1.807) is 24.3 Å². The third kappa shape index (κ3) is 5.78. The van der Waals surface area contributed by atoms with Crippen LogP contribution in [0.3, 0.4) is 0 Å². The van der Waals surface area contributed by atoms with Gasteiger partial charge in [0, 0.05) is 6.42 Å². The van der Waals surface area contributed by atoms with E-state index in [0.717, 1.165) is 25.9 Å². The number of hydrogen-bond donors (Lipinski definition) is 2. The first-order chi connectivity index (χ1) is 11.1. The lowest BCUT2D eigenvalue weighted by atomic mass is 9.84. The molecule has 1 aromatic rings. The highest BCUT2D eigenvalue weighted by Crippen LogP contribution is 2.27. The number of alkyl halides is 2. The van der Waals surface area contributed by atoms with E-state index in [1.807, 2.05) is 0 Å². The highest BCUT2D eigenvalue weighted by molar-refractivity contribution is 5.92. The Bertz CT molecular complexity index is 505. The number of nitrogens with one attached hydrogen (secondary N) is 2. The predicted octanol–water partition coefficient (Wildman–Crippen LogP) is 3.29. The Morgan fingerprint density at radius 3 is 2.74 bits per heavy atom. The summed E-state index contributed by atoms with van der Waals surface area (Å²) in [7, 11) is 0. The van der Waals surface area contributed by atoms with Gasteiger partial charge in [-0.15, -0.1) is 0 Å². The second kappa shape index (κ2) is 8.82. The number of hydrogen-bond acceptors (Lipinski definition) is 3. The van der Waals surface area contributed by atoms with E-state index in [0.29, 0.717) is 23.9 Å². The molecule has 0 aromatic heterocycles. The molecule has 1 amide bonds. The maximum Gasteiger partial charge on any atom is 0.272 e. The number of anilines is 1. The molecule has 1 fully saturated rings. The summed E-state index contributed by atoms with van der Waals surface area (Å²) in [5.41, 5.74) is 0.440. The Kier molecular flexibility index (Phi) is 6.77. The van der Waals surface area contributed by atoms with Crippen molar-refractivity contribution in [1.29, 1.82) is 0 Å². The lowest BCUT2D eigenvalue weighted by Crippen LogP contribution is -2.32. The van der Waals surface area contributed by atoms with Crippen molar-refractivity contribution in [2.75, 3.05) is 25.0 Å². The predicted molar refractivity (Wildman–Crippen MR) is 85.9 cm³/mol. The van der Waals surface area contributed by atoms with Crippen LogP contribution in [0.2, 0.25) is 0 Å². The lowest BCUT2D eigenvalue weighted by Gasteiger charge is -2.28. The van der Waals surface area contributed by atoms with Crippen LogP contribution in [0.1, 0.15) is 26.2 Å². The van der Waals surface area contributed by atoms with Crippen LogP contribution in [0.25, 0.3) is 0 Å². The third-order valence-corrected chi connectivity index (χ3v) is 4.22. The van der Waals surface area contributed by atoms with Crippen molar-refractivity contribution < 1.29 is 18.3 Å². The topological polar surface area (TPSA) is 50.4 Å². The highest BCUT2D eigenvalue weighted by atomic mass is 19.3. The highest BCUT2D eigenvalue weighted by Gasteiger charge is 2.22. The van der Waals surface area contributed by atoms with Crippen molar-refractivity contribution in [2.45, 2.75) is 32.6 Å². The number of amides is 1. The van der Waals surface area contributed by atoms with Crippen LogP contribution < -0.4 is 15.4 Å². The number of carbonyl (C=O) groups excluding carboxylic acids is 1. The number of ether oxygens (including phenoxy) is 1. The number of piperidine rings is 1. The molecule has 0 bridgehead atoms. The molecule has 4 nitrogen and oxygen atoms in total. The Balaban J connectivity index is 1.89. The van der Waals surface area contributed by atoms with E-state index in [2.05, 4.69) is 17.6 Å². The van der Waals surface area contributed by atoms with Crippen LogP contribution in [0.15, 0.2) is 24.3 Å². The van der Waals surface area contributed by atoms with Gasteiger partial charge in [0.2, 0.25) is 5.91 Å². The Hall–Kier alpha value is -1.69. The molecule has 2 rings (SSSR count). The lowest BCUT2D eigenvalue weighted by molar-refractivity contribution is -0.117. The van der Waals surface area contributed by atoms with Crippen LogP contribution in [0.4, 0.5) is 14.5 Å². The molecule has 0 spiro atoms. The Morgan fingerprint density at radius 1 is 1.35 bits per heavy atom. The molecular weight excluding hydrogens is 302 g/mol. The van der Waals surface area contributed by atoms with E-state index < -0.39 is 13.0 Å². The molecule has 1 atom stereocenters. The van der Waals surface area contributed by atoms with E-state index >= 15 is 0 Å². The Labute approximate surface area is 135 Å². The van der Waals surface area contributed by atoms with Gasteiger partial charge in [0.05, 0.1) is 5.69 Å². The molecule has 2 N–H and O–H groups in total. The summed E-state index contributed by atoms with van der Waals surface area (Å²) in [4.78, 5) is 12.2. The summed E-state index contributed by atoms with van der Waals surface area (Å²) in [6.45, 7) is 3.41. The summed E-state index contributed by atoms with van der Waals surface area (Å²) in [6.07, 6.45) is 0.0533. The molecule has 0 saturated carbocycles. The van der Waals surface area contributed by atoms with Gasteiger partial charge in [-0.1, -0.05) is 19.1 Å². The van der Waals surface area contributed by atoms with Gasteiger partial charge in [-0.05, 0) is 49.9 Å². The summed E-state index contributed by atoms with van der Waals surface area (Å²) in [6, 6.07) is 6.66. The fourth-order valence-electron chi connectivity index (χ4n) is 2.92. The van der Waals surface area contributed by atoms with E-state index in [9.17, 15) is 13.6 Å². The van der Waals surface area contributed by atoms with Gasteiger partial charge < -0.3 is 15.4 Å². The van der Waals surface area contributed by atoms with Crippen molar-refractivity contribution in [1.82, 2.24) is 5.32 Å². The third-order valence-electron chi connectivity index (χ3n) is 4.22. The van der Waals surface area contributed by atoms with Gasteiger partial charge in [-0.3, -0.25) is 4.79 Å². The molecule has 0 aliphatic carbocycles. The van der Waals surface area contributed by atoms with E-state index in [1.165, 1.54) is 0 Å². The standard InChI is InChI=1S/C17H24F2N2O2/c1-12(13-6-8-20-9-7-13)10-17(22)21-14-4-2-3-5-15(14)23-11-16(18)19/h2-5,12-13,16,20H,6-11H2,1H3,(H,21,22). The van der Waals surface area contributed by atoms with E-state index in [-0.39, 0.29) is 11.7 Å². The van der Waals surface area contributed by atoms with Gasteiger partial charge in [-0.2, -0.15) is 0 Å². The zero-order valence-corrected chi connectivity index (χ0v) is 13.4. The number of rotatable bonds is 7. The molecule has 0 radical (unpaired) electrons. The first-order valence-corrected chi connectivity index (χ1v) is 8.07. The van der Waals surface area contributed by atoms with Gasteiger partial charge in [0.25, 0.3) is 6.43 Å². The number of para-hydroxylation sites is 2. The van der Waals surface area contributed by atoms with Crippen LogP contribution in [-0.4, -0.2) is 32.0 Å². The molecule has 128 valence electrons. The van der Waals surface area contributed by atoms with Gasteiger partial charge in [0.1, 0.15) is 12.4 Å². The van der Waals surface area contributed by atoms with Crippen molar-refractivity contribution >= 4 is 11.6 Å². The molecule has 1 aliphatic rings. The monoisotopic (exact) mass is 326 g/mol. The molecular formula is C17H24F2N2O2. The molecule has 23 heavy (non-hydrogen) atoms. The molecule has 6 heteroatoms. The van der Waals surface area contributed by atoms with Crippen molar-refractivity contribution in [3.63, 3.8) is 0 Å². The van der Waals surface area contributed by atoms with Crippen molar-refractivity contribution in [2.24, 2.45) is 11.8 Å². The molecule has 1 aliphatic heterocycles. The molecule has 1 unspecified atom stereocenters. The zero-order valence-electron chi connectivity index (χ0n) is 13.4. The van der Waals surface area contributed by atoms with Crippen LogP contribution >= 0.6 is 0 Å². The number of carbonyl (C=O) groups is 1. The largest absolute Gasteiger partial charge is 0.485 e. The second-order valence-corrected chi connectivity index (χ2v) is 6.02. The first-order valence-electron chi connectivity index (χ1n) is 8.07. The average molecular weight is 326 g/mol. The SMILES string of the molecule is CC(CC(=O)Nc1ccccc1OCC(F)F)C1CCNCC1. The number of benzene rings is 1. The second-order valence-electron chi connectivity index (χ2n) is 6.02. The van der Waals surface area contributed by atoms with Gasteiger partial charge >= 0.3 is 0 Å². The minimum absolute atomic E-state index is 0.107. The van der Waals surface area contributed by atoms with Crippen molar-refractivity contribution in [3.8, 4) is 5.75 Å². The maximum atomic E-state index is 12.3. The summed E-state index contributed by atoms with van der Waals surface area (Å²) >= 11 is 0. The van der Waals surface area contributed by atoms with Crippen LogP contribution in [0.5, 0.6) is 5.75 Å². The molecule has 1 aromatic carbocycles. The fourth-order valence-corrected chi connectivity index (χ4v) is 2.92. The smallest absolute Gasteiger partial charge is 0.272 e. The molecule has 1 saturated heterocycles. The Morgan fingerprint density at radius 2 is 2.04 bits per heavy atom. The minimum atomic E-state index is -2.54. The van der Waals surface area contributed by atoms with Crippen LogP contribution in [0, 0.1) is 11.8 Å². The average Bonchev–Trinajstić information content (AvgIpc) is 2.54. The summed E-state index contributed by atoms with van der Waals surface area (Å²) < 4.78 is 29.6. The zero-order chi connectivity index (χ0) is 16.7. The van der Waals surface area contributed by atoms with E-state index in [4.69, 9.17) is 4.74 Å². The first kappa shape index (κ1) is 17.7. The summed E-state index contributed by atoms with van der Waals surface area (Å²) in [5, 5.41) is 6.09. The van der Waals surface area contributed by atoms with Crippen LogP contribution in [-0.2, 0) is 4.79 Å². The number of halogens is 2. The normalized spacial score (nSPS) is 17.0. The van der Waals surface area contributed by atoms with Crippen molar-refractivity contribution in [3.05, 3.63) is 24.3 Å². The van der Waals surface area contributed by atoms with Gasteiger partial charge in [-0.25, -0.2) is 8.78 Å². The van der Waals surface area contributed by atoms with Gasteiger partial charge in [0.15, 0.2) is 0 Å².